The summed E-state index contributed by atoms with van der Waals surface area (Å²) in [4.78, 5) is 48.8. The molecule has 178 valence electrons. The third-order valence-electron chi connectivity index (χ3n) is 5.56. The van der Waals surface area contributed by atoms with Gasteiger partial charge in [0.15, 0.2) is 0 Å². The van der Waals surface area contributed by atoms with Crippen LogP contribution in [0.1, 0.15) is 26.3 Å². The molecule has 12 nitrogen and oxygen atoms in total. The van der Waals surface area contributed by atoms with Crippen LogP contribution >= 0.6 is 0 Å². The van der Waals surface area contributed by atoms with Crippen molar-refractivity contribution >= 4 is 39.1 Å². The maximum atomic E-state index is 12.9. The first-order valence-electron chi connectivity index (χ1n) is 10.2. The van der Waals surface area contributed by atoms with Crippen LogP contribution in [0.4, 0.5) is 11.4 Å². The van der Waals surface area contributed by atoms with Gasteiger partial charge in [0.25, 0.3) is 17.5 Å². The second-order valence-electron chi connectivity index (χ2n) is 7.72. The van der Waals surface area contributed by atoms with E-state index in [2.05, 4.69) is 5.32 Å². The summed E-state index contributed by atoms with van der Waals surface area (Å²) in [7, 11) is -3.80. The quantitative estimate of drug-likeness (QED) is 0.361. The molecule has 0 spiro atoms. The van der Waals surface area contributed by atoms with Crippen molar-refractivity contribution in [2.45, 2.75) is 11.8 Å². The highest BCUT2D eigenvalue weighted by atomic mass is 32.2. The minimum atomic E-state index is -3.80. The number of nitro groups is 1. The average molecular weight is 488 g/mol. The van der Waals surface area contributed by atoms with E-state index in [1.165, 1.54) is 22.5 Å². The summed E-state index contributed by atoms with van der Waals surface area (Å²) in [5, 5.41) is 13.5. The average Bonchev–Trinajstić information content (AvgIpc) is 3.05. The number of imide groups is 1. The Kier molecular flexibility index (Phi) is 6.17. The molecule has 0 atom stereocenters. The molecule has 2 heterocycles. The molecule has 3 amide bonds. The first-order valence-corrected chi connectivity index (χ1v) is 11.7. The topological polar surface area (TPSA) is 156 Å². The second-order valence-corrected chi connectivity index (χ2v) is 9.66. The lowest BCUT2D eigenvalue weighted by Crippen LogP contribution is -2.40. The van der Waals surface area contributed by atoms with Crippen molar-refractivity contribution in [1.82, 2.24) is 9.21 Å². The lowest BCUT2D eigenvalue weighted by Gasteiger charge is -2.26. The SMILES string of the molecule is Cc1ccc(S(=O)(=O)N2CCOCC2)cc1NC(=O)CN1C(=O)c2ccc([N+](=O)[O-])cc2C1=O. The predicted molar refractivity (Wildman–Crippen MR) is 118 cm³/mol. The van der Waals surface area contributed by atoms with Gasteiger partial charge in [-0.2, -0.15) is 4.31 Å². The maximum Gasteiger partial charge on any atom is 0.270 e. The van der Waals surface area contributed by atoms with Crippen molar-refractivity contribution in [3.05, 3.63) is 63.2 Å². The van der Waals surface area contributed by atoms with E-state index in [1.54, 1.807) is 13.0 Å². The number of anilines is 1. The number of carbonyl (C=O) groups excluding carboxylic acids is 3. The Labute approximate surface area is 194 Å². The fourth-order valence-corrected chi connectivity index (χ4v) is 5.14. The van der Waals surface area contributed by atoms with Crippen LogP contribution in [0.25, 0.3) is 0 Å². The van der Waals surface area contributed by atoms with E-state index in [1.807, 2.05) is 0 Å². The largest absolute Gasteiger partial charge is 0.379 e. The van der Waals surface area contributed by atoms with Crippen LogP contribution in [0.15, 0.2) is 41.3 Å². The molecule has 0 aromatic heterocycles. The second kappa shape index (κ2) is 8.93. The van der Waals surface area contributed by atoms with Gasteiger partial charge in [-0.05, 0) is 30.7 Å². The molecule has 2 aromatic rings. The lowest BCUT2D eigenvalue weighted by molar-refractivity contribution is -0.384. The number of benzene rings is 2. The van der Waals surface area contributed by atoms with Crippen molar-refractivity contribution in [1.29, 1.82) is 0 Å². The number of nitrogens with one attached hydrogen (secondary N) is 1. The van der Waals surface area contributed by atoms with E-state index in [0.29, 0.717) is 10.5 Å². The standard InChI is InChI=1S/C21H20N4O8S/c1-13-2-4-15(34(31,32)23-6-8-33-9-7-23)11-18(13)22-19(26)12-24-20(27)16-5-3-14(25(29)30)10-17(16)21(24)28/h2-5,10-11H,6-9,12H2,1H3,(H,22,26). The monoisotopic (exact) mass is 488 g/mol. The molecule has 4 rings (SSSR count). The molecule has 1 saturated heterocycles. The number of morpholine rings is 1. The fourth-order valence-electron chi connectivity index (χ4n) is 3.70. The zero-order valence-electron chi connectivity index (χ0n) is 18.0. The summed E-state index contributed by atoms with van der Waals surface area (Å²) in [5.41, 5.74) is 0.263. The summed E-state index contributed by atoms with van der Waals surface area (Å²) >= 11 is 0. The predicted octanol–water partition coefficient (Wildman–Crippen LogP) is 1.16. The van der Waals surface area contributed by atoms with Crippen molar-refractivity contribution in [3.8, 4) is 0 Å². The molecule has 0 saturated carbocycles. The van der Waals surface area contributed by atoms with Gasteiger partial charge < -0.3 is 10.1 Å². The molecule has 0 bridgehead atoms. The molecule has 13 heteroatoms. The molecular weight excluding hydrogens is 468 g/mol. The Hall–Kier alpha value is -3.68. The Balaban J connectivity index is 1.51. The highest BCUT2D eigenvalue weighted by molar-refractivity contribution is 7.89. The Morgan fingerprint density at radius 2 is 1.76 bits per heavy atom. The van der Waals surface area contributed by atoms with E-state index in [9.17, 15) is 32.9 Å². The summed E-state index contributed by atoms with van der Waals surface area (Å²) in [5.74, 6) is -2.29. The number of hydrogen-bond acceptors (Lipinski definition) is 8. The van der Waals surface area contributed by atoms with Gasteiger partial charge in [-0.15, -0.1) is 0 Å². The van der Waals surface area contributed by atoms with Crippen molar-refractivity contribution in [2.24, 2.45) is 0 Å². The third-order valence-corrected chi connectivity index (χ3v) is 7.45. The van der Waals surface area contributed by atoms with E-state index in [-0.39, 0.29) is 53.7 Å². The van der Waals surface area contributed by atoms with Crippen molar-refractivity contribution in [2.75, 3.05) is 38.2 Å². The van der Waals surface area contributed by atoms with Crippen LogP contribution in [-0.4, -0.2) is 73.1 Å². The normalized spacial score (nSPS) is 16.4. The lowest BCUT2D eigenvalue weighted by atomic mass is 10.1. The Morgan fingerprint density at radius 3 is 2.44 bits per heavy atom. The van der Waals surface area contributed by atoms with Crippen LogP contribution in [-0.2, 0) is 19.6 Å². The molecule has 0 aliphatic carbocycles. The summed E-state index contributed by atoms with van der Waals surface area (Å²) in [6, 6.07) is 7.59. The first kappa shape index (κ1) is 23.5. The molecule has 0 unspecified atom stereocenters. The fraction of sp³-hybridized carbons (Fsp3) is 0.286. The first-order chi connectivity index (χ1) is 16.1. The number of aryl methyl sites for hydroxylation is 1. The van der Waals surface area contributed by atoms with E-state index in [0.717, 1.165) is 12.1 Å². The van der Waals surface area contributed by atoms with Crippen LogP contribution in [0.2, 0.25) is 0 Å². The van der Waals surface area contributed by atoms with Crippen LogP contribution in [0.3, 0.4) is 0 Å². The number of non-ortho nitro benzene ring substituents is 1. The number of sulfonamides is 1. The van der Waals surface area contributed by atoms with Gasteiger partial charge in [-0.3, -0.25) is 29.4 Å². The van der Waals surface area contributed by atoms with Crippen molar-refractivity contribution in [3.63, 3.8) is 0 Å². The van der Waals surface area contributed by atoms with Crippen molar-refractivity contribution < 1.29 is 32.5 Å². The van der Waals surface area contributed by atoms with E-state index < -0.39 is 39.2 Å². The van der Waals surface area contributed by atoms with Gasteiger partial charge in [0, 0.05) is 30.9 Å². The molecule has 0 radical (unpaired) electrons. The zero-order valence-corrected chi connectivity index (χ0v) is 18.8. The van der Waals surface area contributed by atoms with E-state index in [4.69, 9.17) is 4.74 Å². The molecule has 2 aliphatic rings. The van der Waals surface area contributed by atoms with Gasteiger partial charge in [0.05, 0.1) is 34.2 Å². The Morgan fingerprint density at radius 1 is 1.09 bits per heavy atom. The molecular formula is C21H20N4O8S. The van der Waals surface area contributed by atoms with Crippen LogP contribution in [0, 0.1) is 17.0 Å². The number of rotatable bonds is 6. The number of nitro benzene ring substituents is 1. The number of nitrogens with zero attached hydrogens (tertiary/aromatic N) is 3. The van der Waals surface area contributed by atoms with E-state index >= 15 is 0 Å². The highest BCUT2D eigenvalue weighted by Gasteiger charge is 2.38. The molecule has 1 fully saturated rings. The van der Waals surface area contributed by atoms with Gasteiger partial charge >= 0.3 is 0 Å². The van der Waals surface area contributed by atoms with Gasteiger partial charge in [0.2, 0.25) is 15.9 Å². The number of amides is 3. The minimum Gasteiger partial charge on any atom is -0.379 e. The van der Waals surface area contributed by atoms with Gasteiger partial charge in [0.1, 0.15) is 6.54 Å². The van der Waals surface area contributed by atoms with Crippen LogP contribution < -0.4 is 5.32 Å². The summed E-state index contributed by atoms with van der Waals surface area (Å²) in [6.45, 7) is 2.05. The van der Waals surface area contributed by atoms with Gasteiger partial charge in [-0.1, -0.05) is 6.07 Å². The number of fused-ring (bicyclic) bond motifs is 1. The maximum absolute atomic E-state index is 12.9. The zero-order chi connectivity index (χ0) is 24.6. The van der Waals surface area contributed by atoms with Gasteiger partial charge in [-0.25, -0.2) is 8.42 Å². The number of ether oxygens (including phenoxy) is 1. The molecule has 2 aromatic carbocycles. The minimum absolute atomic E-state index is 0.0108. The Bertz CT molecular complexity index is 1320. The smallest absolute Gasteiger partial charge is 0.270 e. The third kappa shape index (κ3) is 4.27. The molecule has 34 heavy (non-hydrogen) atoms. The van der Waals surface area contributed by atoms with Crippen LogP contribution in [0.5, 0.6) is 0 Å². The number of carbonyl (C=O) groups is 3. The summed E-state index contributed by atoms with van der Waals surface area (Å²) in [6.07, 6.45) is 0. The number of hydrogen-bond donors (Lipinski definition) is 1. The molecule has 1 N–H and O–H groups in total. The molecule has 2 aliphatic heterocycles. The summed E-state index contributed by atoms with van der Waals surface area (Å²) < 4.78 is 32.3. The highest BCUT2D eigenvalue weighted by Crippen LogP contribution is 2.27.